The van der Waals surface area contributed by atoms with Crippen LogP contribution < -0.4 is 5.32 Å². The standard InChI is InChI=1S/C20H17FN4O2/c21-16-8-6-15(7-9-16)18-10-19(27-24-18)20(26)23-17-11-22-25(13-17)12-14-4-2-1-3-5-14/h1-9,11,13,19H,10,12H2,(H,23,26). The fourth-order valence-corrected chi connectivity index (χ4v) is 2.84. The Hall–Kier alpha value is -3.48. The molecule has 136 valence electrons. The molecule has 1 aliphatic rings. The average molecular weight is 364 g/mol. The second-order valence-corrected chi connectivity index (χ2v) is 6.24. The van der Waals surface area contributed by atoms with Crippen molar-refractivity contribution >= 4 is 17.3 Å². The quantitative estimate of drug-likeness (QED) is 0.756. The Balaban J connectivity index is 1.34. The molecule has 0 fully saturated rings. The highest BCUT2D eigenvalue weighted by atomic mass is 19.1. The summed E-state index contributed by atoms with van der Waals surface area (Å²) in [5, 5.41) is 11.0. The maximum Gasteiger partial charge on any atom is 0.268 e. The first-order valence-electron chi connectivity index (χ1n) is 8.53. The van der Waals surface area contributed by atoms with Crippen molar-refractivity contribution in [2.75, 3.05) is 5.32 Å². The summed E-state index contributed by atoms with van der Waals surface area (Å²) in [4.78, 5) is 17.6. The molecule has 6 nitrogen and oxygen atoms in total. The van der Waals surface area contributed by atoms with E-state index in [1.54, 1.807) is 29.2 Å². The number of oxime groups is 1. The van der Waals surface area contributed by atoms with E-state index < -0.39 is 6.10 Å². The summed E-state index contributed by atoms with van der Waals surface area (Å²) in [6.07, 6.45) is 2.97. The fraction of sp³-hybridized carbons (Fsp3) is 0.150. The van der Waals surface area contributed by atoms with E-state index in [9.17, 15) is 9.18 Å². The van der Waals surface area contributed by atoms with E-state index in [4.69, 9.17) is 4.84 Å². The van der Waals surface area contributed by atoms with Gasteiger partial charge in [0.2, 0.25) is 6.10 Å². The second kappa shape index (κ2) is 7.41. The summed E-state index contributed by atoms with van der Waals surface area (Å²) in [6.45, 7) is 0.620. The van der Waals surface area contributed by atoms with E-state index in [0.29, 0.717) is 24.4 Å². The molecule has 0 aliphatic carbocycles. The molecule has 7 heteroatoms. The first-order valence-corrected chi connectivity index (χ1v) is 8.53. The average Bonchev–Trinajstić information content (AvgIpc) is 3.33. The number of anilines is 1. The third kappa shape index (κ3) is 4.03. The monoisotopic (exact) mass is 364 g/mol. The maximum atomic E-state index is 13.0. The Morgan fingerprint density at radius 1 is 1.19 bits per heavy atom. The van der Waals surface area contributed by atoms with Gasteiger partial charge >= 0.3 is 0 Å². The Morgan fingerprint density at radius 2 is 1.96 bits per heavy atom. The van der Waals surface area contributed by atoms with Crippen molar-refractivity contribution in [3.63, 3.8) is 0 Å². The van der Waals surface area contributed by atoms with Gasteiger partial charge in [0.15, 0.2) is 0 Å². The van der Waals surface area contributed by atoms with E-state index in [1.807, 2.05) is 30.3 Å². The molecular weight excluding hydrogens is 347 g/mol. The van der Waals surface area contributed by atoms with Crippen LogP contribution in [0.15, 0.2) is 72.1 Å². The Bertz CT molecular complexity index is 967. The second-order valence-electron chi connectivity index (χ2n) is 6.24. The number of rotatable bonds is 5. The summed E-state index contributed by atoms with van der Waals surface area (Å²) in [7, 11) is 0. The summed E-state index contributed by atoms with van der Waals surface area (Å²) in [5.74, 6) is -0.616. The predicted octanol–water partition coefficient (Wildman–Crippen LogP) is 3.20. The molecule has 0 spiro atoms. The zero-order valence-corrected chi connectivity index (χ0v) is 14.4. The molecule has 0 saturated carbocycles. The Labute approximate surface area is 155 Å². The lowest BCUT2D eigenvalue weighted by molar-refractivity contribution is -0.125. The molecule has 0 saturated heterocycles. The molecule has 4 rings (SSSR count). The minimum atomic E-state index is -0.720. The van der Waals surface area contributed by atoms with Gasteiger partial charge in [0.1, 0.15) is 5.82 Å². The van der Waals surface area contributed by atoms with Crippen LogP contribution in [0.3, 0.4) is 0 Å². The van der Waals surface area contributed by atoms with Crippen LogP contribution in [-0.2, 0) is 16.2 Å². The fourth-order valence-electron chi connectivity index (χ4n) is 2.84. The van der Waals surface area contributed by atoms with E-state index in [-0.39, 0.29) is 11.7 Å². The van der Waals surface area contributed by atoms with Crippen LogP contribution in [0.1, 0.15) is 17.5 Å². The lowest BCUT2D eigenvalue weighted by atomic mass is 10.0. The Kier molecular flexibility index (Phi) is 4.65. The molecule has 3 aromatic rings. The lowest BCUT2D eigenvalue weighted by Crippen LogP contribution is -2.27. The molecule has 2 heterocycles. The molecular formula is C20H17FN4O2. The topological polar surface area (TPSA) is 68.5 Å². The molecule has 1 N–H and O–H groups in total. The highest BCUT2D eigenvalue weighted by molar-refractivity contribution is 6.06. The normalized spacial score (nSPS) is 15.9. The number of hydrogen-bond donors (Lipinski definition) is 1. The van der Waals surface area contributed by atoms with Gasteiger partial charge in [-0.3, -0.25) is 9.48 Å². The summed E-state index contributed by atoms with van der Waals surface area (Å²) < 4.78 is 14.8. The van der Waals surface area contributed by atoms with Crippen molar-refractivity contribution in [1.82, 2.24) is 9.78 Å². The van der Waals surface area contributed by atoms with Crippen LogP contribution in [0.2, 0.25) is 0 Å². The number of carbonyl (C=O) groups is 1. The molecule has 1 amide bonds. The molecule has 0 bridgehead atoms. The summed E-state index contributed by atoms with van der Waals surface area (Å²) in [6, 6.07) is 15.9. The molecule has 0 radical (unpaired) electrons. The zero-order chi connectivity index (χ0) is 18.6. The van der Waals surface area contributed by atoms with Gasteiger partial charge < -0.3 is 10.2 Å². The van der Waals surface area contributed by atoms with Crippen LogP contribution in [-0.4, -0.2) is 27.5 Å². The van der Waals surface area contributed by atoms with Gasteiger partial charge in [0, 0.05) is 12.6 Å². The van der Waals surface area contributed by atoms with Crippen LogP contribution in [0, 0.1) is 5.82 Å². The SMILES string of the molecule is O=C(Nc1cnn(Cc2ccccc2)c1)C1CC(c2ccc(F)cc2)=NO1. The van der Waals surface area contributed by atoms with Crippen LogP contribution in [0.5, 0.6) is 0 Å². The number of benzene rings is 2. The van der Waals surface area contributed by atoms with Crippen molar-refractivity contribution in [1.29, 1.82) is 0 Å². The van der Waals surface area contributed by atoms with Crippen LogP contribution in [0.25, 0.3) is 0 Å². The van der Waals surface area contributed by atoms with E-state index in [0.717, 1.165) is 11.1 Å². The zero-order valence-electron chi connectivity index (χ0n) is 14.4. The van der Waals surface area contributed by atoms with Crippen molar-refractivity contribution in [2.45, 2.75) is 19.1 Å². The molecule has 2 aromatic carbocycles. The first kappa shape index (κ1) is 17.0. The molecule has 1 aromatic heterocycles. The summed E-state index contributed by atoms with van der Waals surface area (Å²) >= 11 is 0. The third-order valence-corrected chi connectivity index (χ3v) is 4.23. The lowest BCUT2D eigenvalue weighted by Gasteiger charge is -2.07. The van der Waals surface area contributed by atoms with E-state index in [2.05, 4.69) is 15.6 Å². The maximum absolute atomic E-state index is 13.0. The molecule has 27 heavy (non-hydrogen) atoms. The number of carbonyl (C=O) groups excluding carboxylic acids is 1. The molecule has 1 unspecified atom stereocenters. The highest BCUT2D eigenvalue weighted by Gasteiger charge is 2.29. The van der Waals surface area contributed by atoms with Gasteiger partial charge in [-0.1, -0.05) is 47.6 Å². The number of aromatic nitrogens is 2. The minimum absolute atomic E-state index is 0.296. The van der Waals surface area contributed by atoms with Crippen molar-refractivity contribution in [3.05, 3.63) is 83.9 Å². The number of halogens is 1. The van der Waals surface area contributed by atoms with Crippen molar-refractivity contribution in [2.24, 2.45) is 5.16 Å². The van der Waals surface area contributed by atoms with Gasteiger partial charge in [-0.2, -0.15) is 5.10 Å². The smallest absolute Gasteiger partial charge is 0.268 e. The number of hydrogen-bond acceptors (Lipinski definition) is 4. The summed E-state index contributed by atoms with van der Waals surface area (Å²) in [5.41, 5.74) is 3.07. The van der Waals surface area contributed by atoms with Crippen LogP contribution in [0.4, 0.5) is 10.1 Å². The van der Waals surface area contributed by atoms with Crippen LogP contribution >= 0.6 is 0 Å². The van der Waals surface area contributed by atoms with E-state index in [1.165, 1.54) is 12.1 Å². The molecule has 1 atom stereocenters. The number of nitrogens with one attached hydrogen (secondary N) is 1. The predicted molar refractivity (Wildman–Crippen MR) is 98.8 cm³/mol. The van der Waals surface area contributed by atoms with Crippen molar-refractivity contribution in [3.8, 4) is 0 Å². The highest BCUT2D eigenvalue weighted by Crippen LogP contribution is 2.19. The van der Waals surface area contributed by atoms with Gasteiger partial charge in [0.25, 0.3) is 5.91 Å². The van der Waals surface area contributed by atoms with Gasteiger partial charge in [0.05, 0.1) is 24.1 Å². The van der Waals surface area contributed by atoms with Crippen molar-refractivity contribution < 1.29 is 14.0 Å². The van der Waals surface area contributed by atoms with Gasteiger partial charge in [-0.25, -0.2) is 4.39 Å². The minimum Gasteiger partial charge on any atom is -0.382 e. The van der Waals surface area contributed by atoms with E-state index >= 15 is 0 Å². The number of amides is 1. The number of nitrogens with zero attached hydrogens (tertiary/aromatic N) is 3. The van der Waals surface area contributed by atoms with Gasteiger partial charge in [-0.15, -0.1) is 0 Å². The van der Waals surface area contributed by atoms with Gasteiger partial charge in [-0.05, 0) is 23.3 Å². The third-order valence-electron chi connectivity index (χ3n) is 4.23. The largest absolute Gasteiger partial charge is 0.382 e. The molecule has 1 aliphatic heterocycles. The first-order chi connectivity index (χ1) is 13.2. The Morgan fingerprint density at radius 3 is 2.74 bits per heavy atom.